The largest absolute Gasteiger partial charge is 0.324 e. The zero-order valence-corrected chi connectivity index (χ0v) is 9.04. The lowest BCUT2D eigenvalue weighted by Gasteiger charge is -2.27. The Morgan fingerprint density at radius 3 is 2.57 bits per heavy atom. The molecule has 0 aromatic carbocycles. The summed E-state index contributed by atoms with van der Waals surface area (Å²) < 4.78 is 0. The molecule has 2 heterocycles. The second-order valence-electron chi connectivity index (χ2n) is 3.76. The predicted octanol–water partition coefficient (Wildman–Crippen LogP) is 2.22. The summed E-state index contributed by atoms with van der Waals surface area (Å²) in [6.07, 6.45) is 6.17. The number of hydrogen-bond acceptors (Lipinski definition) is 3. The second kappa shape index (κ2) is 4.80. The predicted molar refractivity (Wildman–Crippen MR) is 61.2 cm³/mol. The van der Waals surface area contributed by atoms with Crippen LogP contribution in [0, 0.1) is 5.92 Å². The fraction of sp³-hybridized carbons (Fsp3) is 0.545. The second-order valence-corrected chi connectivity index (χ2v) is 4.98. The van der Waals surface area contributed by atoms with Gasteiger partial charge in [0.2, 0.25) is 0 Å². The molecule has 1 aliphatic heterocycles. The van der Waals surface area contributed by atoms with E-state index in [4.69, 9.17) is 5.73 Å². The van der Waals surface area contributed by atoms with Gasteiger partial charge in [0.05, 0.1) is 0 Å². The normalized spacial score (nSPS) is 20.6. The molecule has 2 nitrogen and oxygen atoms in total. The van der Waals surface area contributed by atoms with Crippen LogP contribution in [0.5, 0.6) is 0 Å². The molecule has 0 spiro atoms. The highest BCUT2D eigenvalue weighted by Crippen LogP contribution is 2.31. The van der Waals surface area contributed by atoms with E-state index in [1.807, 2.05) is 36.3 Å². The average molecular weight is 208 g/mol. The Morgan fingerprint density at radius 2 is 1.93 bits per heavy atom. The highest BCUT2D eigenvalue weighted by molar-refractivity contribution is 7.99. The van der Waals surface area contributed by atoms with Gasteiger partial charge in [-0.2, -0.15) is 11.8 Å². The Balaban J connectivity index is 2.03. The van der Waals surface area contributed by atoms with Crippen molar-refractivity contribution in [1.82, 2.24) is 4.98 Å². The van der Waals surface area contributed by atoms with Crippen LogP contribution >= 0.6 is 11.8 Å². The molecule has 1 aliphatic rings. The first-order valence-electron chi connectivity index (χ1n) is 5.11. The molecule has 1 atom stereocenters. The lowest BCUT2D eigenvalue weighted by atomic mass is 9.90. The van der Waals surface area contributed by atoms with E-state index in [-0.39, 0.29) is 6.04 Å². The van der Waals surface area contributed by atoms with E-state index in [0.29, 0.717) is 5.92 Å². The summed E-state index contributed by atoms with van der Waals surface area (Å²) in [6, 6.07) is 4.28. The molecule has 76 valence electrons. The highest BCUT2D eigenvalue weighted by atomic mass is 32.2. The van der Waals surface area contributed by atoms with Crippen LogP contribution in [-0.4, -0.2) is 16.5 Å². The topological polar surface area (TPSA) is 38.9 Å². The van der Waals surface area contributed by atoms with Crippen LogP contribution in [0.25, 0.3) is 0 Å². The van der Waals surface area contributed by atoms with Crippen molar-refractivity contribution >= 4 is 11.8 Å². The molecule has 2 rings (SSSR count). The zero-order valence-electron chi connectivity index (χ0n) is 8.23. The van der Waals surface area contributed by atoms with Gasteiger partial charge in [-0.05, 0) is 48.0 Å². The van der Waals surface area contributed by atoms with Crippen molar-refractivity contribution in [2.24, 2.45) is 11.7 Å². The minimum atomic E-state index is 0.207. The number of nitrogens with zero attached hydrogens (tertiary/aromatic N) is 1. The summed E-state index contributed by atoms with van der Waals surface area (Å²) >= 11 is 2.04. The molecule has 14 heavy (non-hydrogen) atoms. The van der Waals surface area contributed by atoms with Crippen molar-refractivity contribution in [3.8, 4) is 0 Å². The molecule has 0 bridgehead atoms. The number of rotatable bonds is 2. The molecular formula is C11H16N2S. The summed E-state index contributed by atoms with van der Waals surface area (Å²) in [4.78, 5) is 4.01. The molecule has 0 aliphatic carbocycles. The van der Waals surface area contributed by atoms with Crippen LogP contribution in [0.4, 0.5) is 0 Å². The summed E-state index contributed by atoms with van der Waals surface area (Å²) in [7, 11) is 0. The lowest BCUT2D eigenvalue weighted by molar-refractivity contribution is 0.403. The molecule has 2 N–H and O–H groups in total. The minimum Gasteiger partial charge on any atom is -0.324 e. The van der Waals surface area contributed by atoms with E-state index in [9.17, 15) is 0 Å². The van der Waals surface area contributed by atoms with E-state index < -0.39 is 0 Å². The first-order chi connectivity index (χ1) is 6.88. The quantitative estimate of drug-likeness (QED) is 0.810. The van der Waals surface area contributed by atoms with Crippen LogP contribution in [0.15, 0.2) is 24.5 Å². The summed E-state index contributed by atoms with van der Waals surface area (Å²) in [5.41, 5.74) is 7.47. The van der Waals surface area contributed by atoms with Crippen LogP contribution in [0.2, 0.25) is 0 Å². The molecule has 0 saturated carbocycles. The fourth-order valence-corrected chi connectivity index (χ4v) is 3.08. The highest BCUT2D eigenvalue weighted by Gasteiger charge is 2.21. The molecule has 1 aromatic rings. The number of aromatic nitrogens is 1. The average Bonchev–Trinajstić information content (AvgIpc) is 2.30. The van der Waals surface area contributed by atoms with Gasteiger partial charge in [-0.25, -0.2) is 0 Å². The van der Waals surface area contributed by atoms with Crippen molar-refractivity contribution < 1.29 is 0 Å². The third-order valence-corrected chi connectivity index (χ3v) is 3.91. The van der Waals surface area contributed by atoms with Crippen LogP contribution < -0.4 is 5.73 Å². The number of pyridine rings is 1. The van der Waals surface area contributed by atoms with E-state index >= 15 is 0 Å². The number of hydrogen-bond donors (Lipinski definition) is 1. The van der Waals surface area contributed by atoms with E-state index in [1.165, 1.54) is 29.9 Å². The maximum atomic E-state index is 6.23. The van der Waals surface area contributed by atoms with Crippen molar-refractivity contribution in [3.63, 3.8) is 0 Å². The van der Waals surface area contributed by atoms with Crippen LogP contribution in [0.1, 0.15) is 24.4 Å². The van der Waals surface area contributed by atoms with Gasteiger partial charge in [0.15, 0.2) is 0 Å². The Kier molecular flexibility index (Phi) is 3.43. The van der Waals surface area contributed by atoms with Gasteiger partial charge in [-0.3, -0.25) is 4.98 Å². The van der Waals surface area contributed by atoms with E-state index in [1.54, 1.807) is 0 Å². The number of thioether (sulfide) groups is 1. The van der Waals surface area contributed by atoms with Gasteiger partial charge >= 0.3 is 0 Å². The molecule has 1 saturated heterocycles. The third kappa shape index (κ3) is 2.28. The molecule has 1 aromatic heterocycles. The van der Waals surface area contributed by atoms with Crippen molar-refractivity contribution in [1.29, 1.82) is 0 Å². The Labute approximate surface area is 89.3 Å². The van der Waals surface area contributed by atoms with E-state index in [2.05, 4.69) is 4.98 Å². The SMILES string of the molecule is NC(c1ccncc1)C1CCSCC1. The van der Waals surface area contributed by atoms with Crippen LogP contribution in [-0.2, 0) is 0 Å². The Hall–Kier alpha value is -0.540. The summed E-state index contributed by atoms with van der Waals surface area (Å²) in [6.45, 7) is 0. The van der Waals surface area contributed by atoms with Gasteiger partial charge in [0, 0.05) is 18.4 Å². The molecule has 0 radical (unpaired) electrons. The molecule has 0 amide bonds. The van der Waals surface area contributed by atoms with Crippen LogP contribution in [0.3, 0.4) is 0 Å². The monoisotopic (exact) mass is 208 g/mol. The standard InChI is InChI=1S/C11H16N2S/c12-11(9-1-5-13-6-2-9)10-3-7-14-8-4-10/h1-2,5-6,10-11H,3-4,7-8,12H2. The molecular weight excluding hydrogens is 192 g/mol. The Morgan fingerprint density at radius 1 is 1.29 bits per heavy atom. The van der Waals surface area contributed by atoms with Gasteiger partial charge in [-0.15, -0.1) is 0 Å². The van der Waals surface area contributed by atoms with Crippen molar-refractivity contribution in [2.75, 3.05) is 11.5 Å². The third-order valence-electron chi connectivity index (χ3n) is 2.86. The maximum absolute atomic E-state index is 6.23. The minimum absolute atomic E-state index is 0.207. The molecule has 1 fully saturated rings. The first-order valence-corrected chi connectivity index (χ1v) is 6.26. The smallest absolute Gasteiger partial charge is 0.0325 e. The lowest BCUT2D eigenvalue weighted by Crippen LogP contribution is -2.24. The van der Waals surface area contributed by atoms with E-state index in [0.717, 1.165) is 0 Å². The maximum Gasteiger partial charge on any atom is 0.0325 e. The molecule has 1 unspecified atom stereocenters. The zero-order chi connectivity index (χ0) is 9.80. The van der Waals surface area contributed by atoms with Gasteiger partial charge in [0.1, 0.15) is 0 Å². The summed E-state index contributed by atoms with van der Waals surface area (Å²) in [5, 5.41) is 0. The van der Waals surface area contributed by atoms with Gasteiger partial charge < -0.3 is 5.73 Å². The number of nitrogens with two attached hydrogens (primary N) is 1. The van der Waals surface area contributed by atoms with Gasteiger partial charge in [-0.1, -0.05) is 0 Å². The van der Waals surface area contributed by atoms with Crippen molar-refractivity contribution in [3.05, 3.63) is 30.1 Å². The fourth-order valence-electron chi connectivity index (χ4n) is 1.93. The van der Waals surface area contributed by atoms with Crippen molar-refractivity contribution in [2.45, 2.75) is 18.9 Å². The Bertz CT molecular complexity index is 270. The first kappa shape index (κ1) is 9.99. The molecule has 3 heteroatoms. The van der Waals surface area contributed by atoms with Gasteiger partial charge in [0.25, 0.3) is 0 Å². The summed E-state index contributed by atoms with van der Waals surface area (Å²) in [5.74, 6) is 3.20.